The molecule has 5 heteroatoms. The molecule has 0 spiro atoms. The van der Waals surface area contributed by atoms with E-state index in [9.17, 15) is 0 Å². The van der Waals surface area contributed by atoms with Crippen LogP contribution >= 0.6 is 11.6 Å². The Morgan fingerprint density at radius 3 is 2.86 bits per heavy atom. The molecule has 2 aliphatic rings. The lowest BCUT2D eigenvalue weighted by molar-refractivity contribution is 0.213. The second-order valence-corrected chi connectivity index (χ2v) is 6.65. The van der Waals surface area contributed by atoms with E-state index in [1.807, 2.05) is 6.07 Å². The van der Waals surface area contributed by atoms with Crippen molar-refractivity contribution in [3.8, 4) is 0 Å². The molecule has 1 aromatic heterocycles. The number of rotatable bonds is 5. The molecule has 1 aliphatic carbocycles. The first kappa shape index (κ1) is 15.1. The highest BCUT2D eigenvalue weighted by atomic mass is 35.5. The Labute approximate surface area is 132 Å². The molecule has 1 saturated heterocycles. The van der Waals surface area contributed by atoms with E-state index in [1.165, 1.54) is 19.3 Å². The van der Waals surface area contributed by atoms with Crippen molar-refractivity contribution < 1.29 is 0 Å². The Hall–Kier alpha value is -0.840. The third-order valence-corrected chi connectivity index (χ3v) is 4.96. The number of hydrogen-bond donors (Lipinski definition) is 1. The van der Waals surface area contributed by atoms with Crippen molar-refractivity contribution in [1.82, 2.24) is 15.2 Å². The number of pyridine rings is 1. The van der Waals surface area contributed by atoms with Crippen LogP contribution in [0, 0.1) is 0 Å². The Morgan fingerprint density at radius 1 is 1.33 bits per heavy atom. The van der Waals surface area contributed by atoms with Crippen molar-refractivity contribution in [1.29, 1.82) is 0 Å². The van der Waals surface area contributed by atoms with Crippen LogP contribution in [0.4, 0.5) is 5.82 Å². The monoisotopic (exact) mass is 308 g/mol. The van der Waals surface area contributed by atoms with E-state index in [4.69, 9.17) is 16.6 Å². The number of aromatic nitrogens is 1. The SMILES string of the molecule is CCC1CN(c2ccc(Cl)c(CNC3CC3)n2)CCN1C. The van der Waals surface area contributed by atoms with Gasteiger partial charge in [0.1, 0.15) is 5.82 Å². The van der Waals surface area contributed by atoms with E-state index >= 15 is 0 Å². The van der Waals surface area contributed by atoms with Gasteiger partial charge in [-0.1, -0.05) is 18.5 Å². The summed E-state index contributed by atoms with van der Waals surface area (Å²) in [6, 6.07) is 5.34. The molecule has 3 rings (SSSR count). The van der Waals surface area contributed by atoms with Gasteiger partial charge in [-0.2, -0.15) is 0 Å². The minimum Gasteiger partial charge on any atom is -0.354 e. The van der Waals surface area contributed by atoms with Crippen molar-refractivity contribution in [2.75, 3.05) is 31.6 Å². The molecule has 0 amide bonds. The summed E-state index contributed by atoms with van der Waals surface area (Å²) >= 11 is 6.29. The first-order chi connectivity index (χ1) is 10.2. The minimum atomic E-state index is 0.615. The second kappa shape index (κ2) is 6.51. The molecule has 21 heavy (non-hydrogen) atoms. The number of anilines is 1. The van der Waals surface area contributed by atoms with Crippen LogP contribution in [0.15, 0.2) is 12.1 Å². The largest absolute Gasteiger partial charge is 0.354 e. The van der Waals surface area contributed by atoms with Gasteiger partial charge in [-0.3, -0.25) is 4.90 Å². The number of piperazine rings is 1. The zero-order valence-corrected chi connectivity index (χ0v) is 13.7. The molecule has 1 atom stereocenters. The van der Waals surface area contributed by atoms with Crippen LogP contribution in [0.25, 0.3) is 0 Å². The Bertz CT molecular complexity index is 489. The van der Waals surface area contributed by atoms with Gasteiger partial charge in [0.15, 0.2) is 0 Å². The molecule has 0 bridgehead atoms. The average Bonchev–Trinajstić information content (AvgIpc) is 3.31. The van der Waals surface area contributed by atoms with Crippen LogP contribution in [-0.2, 0) is 6.54 Å². The van der Waals surface area contributed by atoms with Gasteiger partial charge in [0.25, 0.3) is 0 Å². The van der Waals surface area contributed by atoms with Crippen LogP contribution in [0.3, 0.4) is 0 Å². The molecular weight excluding hydrogens is 284 g/mol. The fourth-order valence-corrected chi connectivity index (χ4v) is 3.07. The first-order valence-electron chi connectivity index (χ1n) is 8.01. The molecule has 1 saturated carbocycles. The van der Waals surface area contributed by atoms with Crippen LogP contribution in [0.1, 0.15) is 31.9 Å². The summed E-state index contributed by atoms with van der Waals surface area (Å²) in [5.41, 5.74) is 0.980. The van der Waals surface area contributed by atoms with Crippen molar-refractivity contribution >= 4 is 17.4 Å². The topological polar surface area (TPSA) is 31.4 Å². The fourth-order valence-electron chi connectivity index (χ4n) is 2.90. The average molecular weight is 309 g/mol. The summed E-state index contributed by atoms with van der Waals surface area (Å²) in [6.07, 6.45) is 3.75. The summed E-state index contributed by atoms with van der Waals surface area (Å²) in [7, 11) is 2.21. The van der Waals surface area contributed by atoms with E-state index in [2.05, 4.69) is 35.2 Å². The van der Waals surface area contributed by atoms with Gasteiger partial charge in [-0.15, -0.1) is 0 Å². The van der Waals surface area contributed by atoms with E-state index in [0.717, 1.165) is 42.7 Å². The van der Waals surface area contributed by atoms with E-state index in [-0.39, 0.29) is 0 Å². The van der Waals surface area contributed by atoms with Gasteiger partial charge >= 0.3 is 0 Å². The van der Waals surface area contributed by atoms with Gasteiger partial charge in [0.05, 0.1) is 10.7 Å². The molecule has 4 nitrogen and oxygen atoms in total. The Morgan fingerprint density at radius 2 is 2.14 bits per heavy atom. The molecule has 116 valence electrons. The fraction of sp³-hybridized carbons (Fsp3) is 0.688. The van der Waals surface area contributed by atoms with Crippen LogP contribution in [0.5, 0.6) is 0 Å². The van der Waals surface area contributed by atoms with Gasteiger partial charge in [0.2, 0.25) is 0 Å². The zero-order chi connectivity index (χ0) is 14.8. The van der Waals surface area contributed by atoms with Gasteiger partial charge in [-0.05, 0) is 38.4 Å². The summed E-state index contributed by atoms with van der Waals surface area (Å²) < 4.78 is 0. The molecule has 1 aromatic rings. The van der Waals surface area contributed by atoms with E-state index < -0.39 is 0 Å². The van der Waals surface area contributed by atoms with Crippen molar-refractivity contribution in [3.63, 3.8) is 0 Å². The summed E-state index contributed by atoms with van der Waals surface area (Å²) in [4.78, 5) is 9.64. The predicted molar refractivity (Wildman–Crippen MR) is 88.0 cm³/mol. The van der Waals surface area contributed by atoms with Gasteiger partial charge in [-0.25, -0.2) is 4.98 Å². The van der Waals surface area contributed by atoms with Gasteiger partial charge < -0.3 is 10.2 Å². The third-order valence-electron chi connectivity index (χ3n) is 4.61. The smallest absolute Gasteiger partial charge is 0.129 e. The number of nitrogens with one attached hydrogen (secondary N) is 1. The summed E-state index contributed by atoms with van der Waals surface area (Å²) in [5.74, 6) is 1.07. The number of nitrogens with zero attached hydrogens (tertiary/aromatic N) is 3. The van der Waals surface area contributed by atoms with E-state index in [1.54, 1.807) is 0 Å². The standard InChI is InChI=1S/C16H25ClN4/c1-3-13-11-21(9-8-20(13)2)16-7-6-14(17)15(19-16)10-18-12-4-5-12/h6-7,12-13,18H,3-5,8-11H2,1-2H3. The summed E-state index contributed by atoms with van der Waals surface area (Å²) in [5, 5.41) is 4.27. The van der Waals surface area contributed by atoms with Crippen molar-refractivity contribution in [2.45, 2.75) is 44.8 Å². The Balaban J connectivity index is 1.70. The van der Waals surface area contributed by atoms with Crippen LogP contribution in [-0.4, -0.2) is 48.6 Å². The summed E-state index contributed by atoms with van der Waals surface area (Å²) in [6.45, 7) is 6.22. The second-order valence-electron chi connectivity index (χ2n) is 6.24. The predicted octanol–water partition coefficient (Wildman–Crippen LogP) is 2.52. The lowest BCUT2D eigenvalue weighted by Gasteiger charge is -2.39. The van der Waals surface area contributed by atoms with Crippen molar-refractivity contribution in [2.24, 2.45) is 0 Å². The zero-order valence-electron chi connectivity index (χ0n) is 13.0. The molecule has 0 aromatic carbocycles. The molecule has 1 unspecified atom stereocenters. The molecule has 0 radical (unpaired) electrons. The Kier molecular flexibility index (Phi) is 4.67. The number of hydrogen-bond acceptors (Lipinski definition) is 4. The maximum Gasteiger partial charge on any atom is 0.129 e. The molecule has 2 heterocycles. The maximum atomic E-state index is 6.29. The lowest BCUT2D eigenvalue weighted by Crippen LogP contribution is -2.51. The van der Waals surface area contributed by atoms with Crippen molar-refractivity contribution in [3.05, 3.63) is 22.8 Å². The normalized spacial score (nSPS) is 23.6. The number of halogens is 1. The first-order valence-corrected chi connectivity index (χ1v) is 8.39. The molecule has 1 N–H and O–H groups in total. The quantitative estimate of drug-likeness (QED) is 0.906. The highest BCUT2D eigenvalue weighted by molar-refractivity contribution is 6.31. The lowest BCUT2D eigenvalue weighted by atomic mass is 10.1. The highest BCUT2D eigenvalue weighted by Gasteiger charge is 2.24. The third kappa shape index (κ3) is 3.68. The molecule has 1 aliphatic heterocycles. The maximum absolute atomic E-state index is 6.29. The number of likely N-dealkylation sites (N-methyl/N-ethyl adjacent to an activating group) is 1. The van der Waals surface area contributed by atoms with Crippen LogP contribution in [0.2, 0.25) is 5.02 Å². The highest BCUT2D eigenvalue weighted by Crippen LogP contribution is 2.24. The van der Waals surface area contributed by atoms with Crippen LogP contribution < -0.4 is 10.2 Å². The van der Waals surface area contributed by atoms with Gasteiger partial charge in [0, 0.05) is 38.3 Å². The minimum absolute atomic E-state index is 0.615. The molecular formula is C16H25ClN4. The van der Waals surface area contributed by atoms with E-state index in [0.29, 0.717) is 12.1 Å². The molecule has 2 fully saturated rings.